The van der Waals surface area contributed by atoms with Crippen LogP contribution >= 0.6 is 7.67 Å². The molecule has 0 bridgehead atoms. The maximum Gasteiger partial charge on any atom is 0.342 e. The summed E-state index contributed by atoms with van der Waals surface area (Å²) in [5.74, 6) is -3.00. The van der Waals surface area contributed by atoms with Crippen molar-refractivity contribution in [3.8, 4) is 6.07 Å². The maximum absolute atomic E-state index is 14.2. The van der Waals surface area contributed by atoms with Gasteiger partial charge in [0.25, 0.3) is 0 Å². The van der Waals surface area contributed by atoms with Crippen LogP contribution in [0, 0.1) is 11.3 Å². The number of hydrogen-bond acceptors (Lipinski definition) is 14. The lowest BCUT2D eigenvalue weighted by Gasteiger charge is -2.31. The number of nitrogens with one attached hydrogen (secondary N) is 2. The number of hydrogen-bond donors (Lipinski definition) is 3. The van der Waals surface area contributed by atoms with Crippen molar-refractivity contribution < 1.29 is 52.0 Å². The molecule has 2 aromatic heterocycles. The molecule has 18 heteroatoms. The maximum atomic E-state index is 14.2. The highest BCUT2D eigenvalue weighted by Crippen LogP contribution is 2.48. The number of aromatic nitrogens is 2. The predicted molar refractivity (Wildman–Crippen MR) is 164 cm³/mol. The molecule has 1 saturated heterocycles. The van der Waals surface area contributed by atoms with Gasteiger partial charge < -0.3 is 33.9 Å². The highest BCUT2D eigenvalue weighted by atomic mass is 31.2. The fourth-order valence-corrected chi connectivity index (χ4v) is 6.55. The molecule has 0 radical (unpaired) electrons. The quantitative estimate of drug-likeness (QED) is 0.131. The van der Waals surface area contributed by atoms with Gasteiger partial charge in [-0.2, -0.15) is 10.4 Å². The third kappa shape index (κ3) is 8.65. The zero-order valence-corrected chi connectivity index (χ0v) is 28.0. The SMILES string of the molecule is CCOC(=O)[C@H](C)NP(=O)(N[C@@H](C)C(=O)OCC)OC[C@@]1(C#N)O[C@@H](c2ccc3c(N)ccnn23)[C@H](OC(=O)CC)[C@@H]1OC(=O)CC. The first-order chi connectivity index (χ1) is 22.3. The Morgan fingerprint density at radius 2 is 1.60 bits per heavy atom. The Bertz CT molecular complexity index is 1510. The molecular formula is C29H41N6O11P. The van der Waals surface area contributed by atoms with Crippen LogP contribution in [0.4, 0.5) is 5.69 Å². The largest absolute Gasteiger partial charge is 0.465 e. The number of nitrogens with zero attached hydrogens (tertiary/aromatic N) is 3. The Morgan fingerprint density at radius 3 is 2.13 bits per heavy atom. The summed E-state index contributed by atoms with van der Waals surface area (Å²) >= 11 is 0. The third-order valence-corrected chi connectivity index (χ3v) is 9.01. The first-order valence-corrected chi connectivity index (χ1v) is 16.7. The van der Waals surface area contributed by atoms with E-state index in [2.05, 4.69) is 15.3 Å². The number of nitriles is 1. The Morgan fingerprint density at radius 1 is 1.02 bits per heavy atom. The number of rotatable bonds is 16. The first kappa shape index (κ1) is 37.4. The molecular weight excluding hydrogens is 639 g/mol. The second kappa shape index (κ2) is 16.2. The van der Waals surface area contributed by atoms with Crippen LogP contribution in [-0.4, -0.2) is 83.2 Å². The summed E-state index contributed by atoms with van der Waals surface area (Å²) in [6.45, 7) is 8.16. The van der Waals surface area contributed by atoms with Crippen LogP contribution in [0.1, 0.15) is 66.2 Å². The number of carbonyl (C=O) groups excluding carboxylic acids is 4. The average molecular weight is 681 g/mol. The van der Waals surface area contributed by atoms with Gasteiger partial charge in [0.05, 0.1) is 30.1 Å². The van der Waals surface area contributed by atoms with Crippen LogP contribution < -0.4 is 15.9 Å². The highest BCUT2D eigenvalue weighted by Gasteiger charge is 2.62. The van der Waals surface area contributed by atoms with Crippen molar-refractivity contribution in [2.75, 3.05) is 25.6 Å². The van der Waals surface area contributed by atoms with E-state index in [4.69, 9.17) is 33.9 Å². The summed E-state index contributed by atoms with van der Waals surface area (Å²) in [5.41, 5.74) is 5.01. The predicted octanol–water partition coefficient (Wildman–Crippen LogP) is 2.10. The molecule has 0 aromatic carbocycles. The van der Waals surface area contributed by atoms with Crippen molar-refractivity contribution >= 4 is 42.8 Å². The molecule has 0 unspecified atom stereocenters. The summed E-state index contributed by atoms with van der Waals surface area (Å²) in [7, 11) is -4.46. The number of ether oxygens (including phenoxy) is 5. The third-order valence-electron chi connectivity index (χ3n) is 7.06. The van der Waals surface area contributed by atoms with E-state index < -0.39 is 74.2 Å². The van der Waals surface area contributed by atoms with Crippen LogP contribution in [0.15, 0.2) is 24.4 Å². The number of fused-ring (bicyclic) bond motifs is 1. The fourth-order valence-electron chi connectivity index (χ4n) is 4.72. The minimum Gasteiger partial charge on any atom is -0.465 e. The Balaban J connectivity index is 2.10. The van der Waals surface area contributed by atoms with Crippen molar-refractivity contribution in [3.05, 3.63) is 30.1 Å². The molecule has 258 valence electrons. The zero-order chi connectivity index (χ0) is 34.9. The second-order valence-electron chi connectivity index (χ2n) is 10.5. The fraction of sp³-hybridized carbons (Fsp3) is 0.586. The van der Waals surface area contributed by atoms with E-state index in [0.717, 1.165) is 0 Å². The zero-order valence-electron chi connectivity index (χ0n) is 27.1. The molecule has 1 aliphatic rings. The molecule has 4 N–H and O–H groups in total. The summed E-state index contributed by atoms with van der Waals surface area (Å²) in [4.78, 5) is 50.2. The van der Waals surface area contributed by atoms with Crippen LogP contribution in [0.3, 0.4) is 0 Å². The lowest BCUT2D eigenvalue weighted by molar-refractivity contribution is -0.169. The number of esters is 4. The second-order valence-corrected chi connectivity index (χ2v) is 12.4. The highest BCUT2D eigenvalue weighted by molar-refractivity contribution is 7.54. The van der Waals surface area contributed by atoms with Crippen molar-refractivity contribution in [1.82, 2.24) is 19.8 Å². The van der Waals surface area contributed by atoms with E-state index in [1.54, 1.807) is 39.0 Å². The molecule has 3 heterocycles. The van der Waals surface area contributed by atoms with Gasteiger partial charge in [0.15, 0.2) is 12.2 Å². The molecule has 17 nitrogen and oxygen atoms in total. The van der Waals surface area contributed by atoms with E-state index in [9.17, 15) is 29.0 Å². The van der Waals surface area contributed by atoms with Crippen LogP contribution in [0.25, 0.3) is 5.52 Å². The summed E-state index contributed by atoms with van der Waals surface area (Å²) in [5, 5.41) is 20.0. The molecule has 1 aliphatic heterocycles. The van der Waals surface area contributed by atoms with Gasteiger partial charge in [-0.05, 0) is 45.9 Å². The molecule has 2 aromatic rings. The monoisotopic (exact) mass is 680 g/mol. The van der Waals surface area contributed by atoms with Gasteiger partial charge >= 0.3 is 31.5 Å². The van der Waals surface area contributed by atoms with Crippen molar-refractivity contribution in [1.29, 1.82) is 5.26 Å². The topological polar surface area (TPSA) is 232 Å². The smallest absolute Gasteiger partial charge is 0.342 e. The Hall–Kier alpha value is -4.07. The van der Waals surface area contributed by atoms with E-state index in [1.165, 1.54) is 31.5 Å². The van der Waals surface area contributed by atoms with Crippen molar-refractivity contribution in [2.45, 2.75) is 90.4 Å². The van der Waals surface area contributed by atoms with Crippen LogP contribution in [0.2, 0.25) is 0 Å². The first-order valence-electron chi connectivity index (χ1n) is 15.1. The van der Waals surface area contributed by atoms with Crippen molar-refractivity contribution in [2.24, 2.45) is 0 Å². The van der Waals surface area contributed by atoms with Crippen LogP contribution in [0.5, 0.6) is 0 Å². The molecule has 47 heavy (non-hydrogen) atoms. The lowest BCUT2D eigenvalue weighted by Crippen LogP contribution is -2.50. The summed E-state index contributed by atoms with van der Waals surface area (Å²) in [6, 6.07) is 4.35. The standard InChI is InChI=1S/C29H41N6O11P/c1-7-22(36)44-25-24(21-12-11-20-19(31)13-14-32-35(20)21)46-29(15-30,26(25)45-23(37)8-2)16-43-47(40,33-17(5)27(38)41-9-3)34-18(6)28(39)42-10-4/h11-14,17-18,24-26H,7-10,16,31H2,1-6H3,(H2,33,34,40)/t17-,18-,24-,25-,26-,29+/m0/s1. The minimum absolute atomic E-state index is 0.0344. The summed E-state index contributed by atoms with van der Waals surface area (Å²) in [6.07, 6.45) is -3.01. The van der Waals surface area contributed by atoms with Gasteiger partial charge in [-0.15, -0.1) is 0 Å². The van der Waals surface area contributed by atoms with Gasteiger partial charge in [0, 0.05) is 19.0 Å². The lowest BCUT2D eigenvalue weighted by atomic mass is 9.95. The van der Waals surface area contributed by atoms with Crippen molar-refractivity contribution in [3.63, 3.8) is 0 Å². The number of anilines is 1. The summed E-state index contributed by atoms with van der Waals surface area (Å²) < 4.78 is 49.1. The van der Waals surface area contributed by atoms with Gasteiger partial charge in [-0.3, -0.25) is 23.7 Å². The minimum atomic E-state index is -4.46. The molecule has 1 fully saturated rings. The molecule has 3 rings (SSSR count). The van der Waals surface area contributed by atoms with Gasteiger partial charge in [-0.25, -0.2) is 14.7 Å². The van der Waals surface area contributed by atoms with Crippen LogP contribution in [-0.2, 0) is 52.0 Å². The molecule has 0 saturated carbocycles. The normalized spacial score (nSPS) is 22.2. The van der Waals surface area contributed by atoms with Gasteiger partial charge in [0.1, 0.15) is 30.9 Å². The molecule has 0 amide bonds. The number of carbonyl (C=O) groups is 4. The molecule has 0 spiro atoms. The van der Waals surface area contributed by atoms with E-state index >= 15 is 0 Å². The van der Waals surface area contributed by atoms with E-state index in [-0.39, 0.29) is 26.1 Å². The van der Waals surface area contributed by atoms with Gasteiger partial charge in [-0.1, -0.05) is 13.8 Å². The number of nitrogens with two attached hydrogens (primary N) is 1. The van der Waals surface area contributed by atoms with E-state index in [0.29, 0.717) is 16.9 Å². The van der Waals surface area contributed by atoms with E-state index in [1.807, 2.05) is 6.07 Å². The molecule has 0 aliphatic carbocycles. The molecule has 6 atom stereocenters. The number of nitrogen functional groups attached to an aromatic ring is 1. The van der Waals surface area contributed by atoms with Gasteiger partial charge in [0.2, 0.25) is 5.60 Å². The average Bonchev–Trinajstić information content (AvgIpc) is 3.60. The Kier molecular flexibility index (Phi) is 12.9. The Labute approximate surface area is 271 Å².